The van der Waals surface area contributed by atoms with Crippen LogP contribution in [0.5, 0.6) is 5.75 Å². The van der Waals surface area contributed by atoms with Crippen LogP contribution < -0.4 is 9.64 Å². The van der Waals surface area contributed by atoms with E-state index in [0.717, 1.165) is 10.3 Å². The van der Waals surface area contributed by atoms with Gasteiger partial charge in [0, 0.05) is 17.9 Å². The molecule has 7 nitrogen and oxygen atoms in total. The number of benzene rings is 2. The molecule has 2 heterocycles. The van der Waals surface area contributed by atoms with Gasteiger partial charge in [0.25, 0.3) is 0 Å². The molecule has 0 aliphatic carbocycles. The van der Waals surface area contributed by atoms with Gasteiger partial charge in [-0.2, -0.15) is 0 Å². The Morgan fingerprint density at radius 1 is 1.10 bits per heavy atom. The lowest BCUT2D eigenvalue weighted by Gasteiger charge is -2.28. The molecule has 154 valence electrons. The third-order valence-electron chi connectivity index (χ3n) is 4.88. The zero-order valence-corrected chi connectivity index (χ0v) is 17.3. The number of anilines is 1. The van der Waals surface area contributed by atoms with E-state index in [1.54, 1.807) is 12.1 Å². The van der Waals surface area contributed by atoms with Crippen molar-refractivity contribution in [2.24, 2.45) is 0 Å². The highest BCUT2D eigenvalue weighted by atomic mass is 32.1. The minimum atomic E-state index is -0.624. The molecule has 0 bridgehead atoms. The van der Waals surface area contributed by atoms with Crippen molar-refractivity contribution in [3.8, 4) is 5.75 Å². The highest BCUT2D eigenvalue weighted by molar-refractivity contribution is 7.21. The van der Waals surface area contributed by atoms with Gasteiger partial charge in [0.15, 0.2) is 5.78 Å². The summed E-state index contributed by atoms with van der Waals surface area (Å²) in [7, 11) is 2.59. The predicted molar refractivity (Wildman–Crippen MR) is 112 cm³/mol. The average molecular weight is 425 g/mol. The Balaban J connectivity index is 1.86. The molecule has 0 saturated heterocycles. The van der Waals surface area contributed by atoms with Gasteiger partial charge in [-0.25, -0.2) is 9.59 Å². The number of ketones is 1. The molecule has 1 amide bonds. The first-order chi connectivity index (χ1) is 14.5. The van der Waals surface area contributed by atoms with Gasteiger partial charge in [0.2, 0.25) is 0 Å². The van der Waals surface area contributed by atoms with E-state index in [9.17, 15) is 14.4 Å². The Morgan fingerprint density at radius 3 is 2.57 bits per heavy atom. The van der Waals surface area contributed by atoms with Crippen LogP contribution in [-0.4, -0.2) is 38.6 Å². The minimum absolute atomic E-state index is 0.0721. The molecule has 0 saturated carbocycles. The van der Waals surface area contributed by atoms with E-state index in [1.807, 2.05) is 30.3 Å². The lowest BCUT2D eigenvalue weighted by molar-refractivity contribution is -0.117. The molecule has 1 aromatic heterocycles. The summed E-state index contributed by atoms with van der Waals surface area (Å²) in [5, 5.41) is 0.697. The maximum absolute atomic E-state index is 12.3. The Morgan fingerprint density at radius 2 is 1.87 bits per heavy atom. The fraction of sp³-hybridized carbons (Fsp3) is 0.227. The fourth-order valence-electron chi connectivity index (χ4n) is 3.47. The number of carbonyl (C=O) groups is 3. The van der Waals surface area contributed by atoms with E-state index in [2.05, 4.69) is 0 Å². The first-order valence-corrected chi connectivity index (χ1v) is 10.0. The summed E-state index contributed by atoms with van der Waals surface area (Å²) in [5.74, 6) is -0.0556. The van der Waals surface area contributed by atoms with Crippen LogP contribution in [0, 0.1) is 0 Å². The van der Waals surface area contributed by atoms with Crippen LogP contribution in [0.3, 0.4) is 0 Å². The van der Waals surface area contributed by atoms with Crippen molar-refractivity contribution in [1.29, 1.82) is 0 Å². The smallest absolute Gasteiger partial charge is 0.414 e. The summed E-state index contributed by atoms with van der Waals surface area (Å²) in [4.78, 5) is 38.4. The number of hydrogen-bond acceptors (Lipinski definition) is 7. The van der Waals surface area contributed by atoms with E-state index in [4.69, 9.17) is 14.2 Å². The standard InChI is InChI=1S/C22H19NO6S/c1-27-21(25)19-9-16-15-8-14(24)11-23(22(26)28-2)17(15)10-18(20(16)30-19)29-12-13-6-4-3-5-7-13/h3-7,9-10H,8,11-12H2,1-2H3. The molecule has 0 radical (unpaired) electrons. The van der Waals surface area contributed by atoms with Crippen molar-refractivity contribution in [3.63, 3.8) is 0 Å². The van der Waals surface area contributed by atoms with Gasteiger partial charge in [0.05, 0.1) is 31.2 Å². The lowest BCUT2D eigenvalue weighted by atomic mass is 9.97. The first-order valence-electron chi connectivity index (χ1n) is 9.23. The molecule has 8 heteroatoms. The minimum Gasteiger partial charge on any atom is -0.487 e. The van der Waals surface area contributed by atoms with Gasteiger partial charge < -0.3 is 14.2 Å². The Bertz CT molecular complexity index is 1140. The van der Waals surface area contributed by atoms with Gasteiger partial charge in [-0.1, -0.05) is 30.3 Å². The van der Waals surface area contributed by atoms with Crippen molar-refractivity contribution in [3.05, 3.63) is 58.5 Å². The molecule has 2 aromatic carbocycles. The molecule has 30 heavy (non-hydrogen) atoms. The summed E-state index contributed by atoms with van der Waals surface area (Å²) in [6.45, 7) is 0.245. The zero-order valence-electron chi connectivity index (χ0n) is 16.5. The largest absolute Gasteiger partial charge is 0.487 e. The average Bonchev–Trinajstić information content (AvgIpc) is 3.23. The number of rotatable bonds is 4. The summed E-state index contributed by atoms with van der Waals surface area (Å²) in [5.41, 5.74) is 2.20. The van der Waals surface area contributed by atoms with Gasteiger partial charge >= 0.3 is 12.1 Å². The van der Waals surface area contributed by atoms with Crippen LogP contribution in [0.15, 0.2) is 42.5 Å². The van der Waals surface area contributed by atoms with Gasteiger partial charge in [-0.05, 0) is 17.2 Å². The highest BCUT2D eigenvalue weighted by Crippen LogP contribution is 2.43. The quantitative estimate of drug-likeness (QED) is 0.589. The number of hydrogen-bond donors (Lipinski definition) is 0. The van der Waals surface area contributed by atoms with Crippen LogP contribution in [0.1, 0.15) is 20.8 Å². The maximum Gasteiger partial charge on any atom is 0.414 e. The van der Waals surface area contributed by atoms with E-state index in [0.29, 0.717) is 33.9 Å². The third-order valence-corrected chi connectivity index (χ3v) is 6.01. The van der Waals surface area contributed by atoms with Gasteiger partial charge in [0.1, 0.15) is 17.2 Å². The van der Waals surface area contributed by atoms with E-state index < -0.39 is 12.1 Å². The molecule has 3 aromatic rings. The predicted octanol–water partition coefficient (Wildman–Crippen LogP) is 3.96. The number of amides is 1. The van der Waals surface area contributed by atoms with Gasteiger partial charge in [-0.15, -0.1) is 11.3 Å². The molecular formula is C22H19NO6S. The molecule has 0 N–H and O–H groups in total. The SMILES string of the molecule is COC(=O)c1cc2c3c(cc(OCc4ccccc4)c2s1)N(C(=O)OC)CC(=O)C3. The van der Waals surface area contributed by atoms with Crippen molar-refractivity contribution in [1.82, 2.24) is 0 Å². The molecule has 0 fully saturated rings. The molecule has 1 aliphatic heterocycles. The fourth-order valence-corrected chi connectivity index (χ4v) is 4.54. The van der Waals surface area contributed by atoms with Crippen molar-refractivity contribution >= 4 is 45.0 Å². The normalized spacial score (nSPS) is 13.1. The number of methoxy groups -OCH3 is 2. The monoisotopic (exact) mass is 425 g/mol. The third kappa shape index (κ3) is 3.61. The number of esters is 1. The second-order valence-electron chi connectivity index (χ2n) is 6.76. The van der Waals surface area contributed by atoms with Crippen LogP contribution in [-0.2, 0) is 27.3 Å². The van der Waals surface area contributed by atoms with Crippen molar-refractivity contribution in [2.45, 2.75) is 13.0 Å². The first kappa shape index (κ1) is 19.9. The van der Waals surface area contributed by atoms with Crippen molar-refractivity contribution in [2.75, 3.05) is 25.7 Å². The molecule has 0 spiro atoms. The Hall–Kier alpha value is -3.39. The maximum atomic E-state index is 12.3. The number of Topliss-reactive ketones (excluding diaryl/α,β-unsaturated/α-hetero) is 1. The molecule has 0 unspecified atom stereocenters. The number of carbonyl (C=O) groups excluding carboxylic acids is 3. The molecule has 0 atom stereocenters. The summed E-state index contributed by atoms with van der Waals surface area (Å²) in [6.07, 6.45) is -0.462. The van der Waals surface area contributed by atoms with E-state index >= 15 is 0 Å². The summed E-state index contributed by atoms with van der Waals surface area (Å²) >= 11 is 1.24. The van der Waals surface area contributed by atoms with Crippen molar-refractivity contribution < 1.29 is 28.6 Å². The highest BCUT2D eigenvalue weighted by Gasteiger charge is 2.31. The van der Waals surface area contributed by atoms with Crippen LogP contribution in [0.25, 0.3) is 10.1 Å². The Kier molecular flexibility index (Phi) is 5.41. The number of ether oxygens (including phenoxy) is 3. The van der Waals surface area contributed by atoms with Gasteiger partial charge in [-0.3, -0.25) is 9.69 Å². The second-order valence-corrected chi connectivity index (χ2v) is 7.82. The number of thiophene rings is 1. The van der Waals surface area contributed by atoms with Crippen LogP contribution >= 0.6 is 11.3 Å². The number of fused-ring (bicyclic) bond motifs is 3. The topological polar surface area (TPSA) is 82.1 Å². The molecule has 4 rings (SSSR count). The lowest BCUT2D eigenvalue weighted by Crippen LogP contribution is -2.40. The van der Waals surface area contributed by atoms with E-state index in [1.165, 1.54) is 30.5 Å². The van der Waals surface area contributed by atoms with Crippen LogP contribution in [0.4, 0.5) is 10.5 Å². The summed E-state index contributed by atoms with van der Waals surface area (Å²) in [6, 6.07) is 13.1. The van der Waals surface area contributed by atoms with Crippen LogP contribution in [0.2, 0.25) is 0 Å². The molecule has 1 aliphatic rings. The summed E-state index contributed by atoms with van der Waals surface area (Å²) < 4.78 is 16.5. The Labute approximate surface area is 176 Å². The molecular weight excluding hydrogens is 406 g/mol. The zero-order chi connectivity index (χ0) is 21.3. The number of nitrogens with zero attached hydrogens (tertiary/aromatic N) is 1. The second kappa shape index (κ2) is 8.16. The van der Waals surface area contributed by atoms with E-state index in [-0.39, 0.29) is 18.7 Å².